The Morgan fingerprint density at radius 3 is 1.86 bits per heavy atom. The highest BCUT2D eigenvalue weighted by molar-refractivity contribution is 6.16. The fraction of sp³-hybridized carbons (Fsp3) is 0.0263. The number of allylic oxidation sites excluding steroid dienone is 3. The van der Waals surface area contributed by atoms with Crippen LogP contribution in [-0.4, -0.2) is 24.1 Å². The quantitative estimate of drug-likeness (QED) is 0.200. The van der Waals surface area contributed by atoms with Crippen molar-refractivity contribution >= 4 is 49.4 Å². The summed E-state index contributed by atoms with van der Waals surface area (Å²) < 4.78 is 4.39. The summed E-state index contributed by atoms with van der Waals surface area (Å²) in [5.41, 5.74) is 7.97. The van der Waals surface area contributed by atoms with Gasteiger partial charge in [-0.3, -0.25) is 9.13 Å². The summed E-state index contributed by atoms with van der Waals surface area (Å²) in [5.74, 6) is 1.66. The van der Waals surface area contributed by atoms with Gasteiger partial charge in [0.25, 0.3) is 0 Å². The van der Waals surface area contributed by atoms with Crippen LogP contribution in [0.25, 0.3) is 72.2 Å². The second-order valence-electron chi connectivity index (χ2n) is 10.5. The van der Waals surface area contributed by atoms with Crippen LogP contribution in [0.4, 0.5) is 0 Å². The van der Waals surface area contributed by atoms with Crippen molar-refractivity contribution in [2.24, 2.45) is 0 Å². The van der Waals surface area contributed by atoms with E-state index in [0.717, 1.165) is 77.8 Å². The molecule has 0 amide bonds. The number of rotatable bonds is 5. The summed E-state index contributed by atoms with van der Waals surface area (Å²) in [5, 5.41) is 4.42. The van der Waals surface area contributed by atoms with Crippen molar-refractivity contribution in [2.75, 3.05) is 0 Å². The Morgan fingerprint density at radius 2 is 1.21 bits per heavy atom. The van der Waals surface area contributed by atoms with Crippen molar-refractivity contribution in [1.29, 1.82) is 0 Å². The van der Waals surface area contributed by atoms with E-state index in [1.165, 1.54) is 0 Å². The molecule has 0 radical (unpaired) electrons. The molecule has 0 saturated heterocycles. The molecule has 0 aliphatic rings. The van der Waals surface area contributed by atoms with Gasteiger partial charge in [-0.15, -0.1) is 0 Å². The predicted molar refractivity (Wildman–Crippen MR) is 178 cm³/mol. The summed E-state index contributed by atoms with van der Waals surface area (Å²) in [4.78, 5) is 15.3. The van der Waals surface area contributed by atoms with E-state index in [-0.39, 0.29) is 0 Å². The highest BCUT2D eigenvalue weighted by Gasteiger charge is 2.22. The van der Waals surface area contributed by atoms with E-state index in [1.54, 1.807) is 0 Å². The van der Waals surface area contributed by atoms with Crippen molar-refractivity contribution in [3.63, 3.8) is 0 Å². The van der Waals surface area contributed by atoms with Crippen LogP contribution in [0.15, 0.2) is 140 Å². The largest absolute Gasteiger partial charge is 0.277 e. The molecule has 0 spiro atoms. The smallest absolute Gasteiger partial charge is 0.149 e. The van der Waals surface area contributed by atoms with Crippen LogP contribution in [-0.2, 0) is 0 Å². The minimum atomic E-state index is 0.819. The van der Waals surface area contributed by atoms with E-state index in [4.69, 9.17) is 15.0 Å². The summed E-state index contributed by atoms with van der Waals surface area (Å²) in [6, 6.07) is 37.8. The molecule has 0 saturated carbocycles. The first kappa shape index (κ1) is 24.9. The number of benzene rings is 3. The Kier molecular flexibility index (Phi) is 5.76. The first-order valence-corrected chi connectivity index (χ1v) is 14.4. The Morgan fingerprint density at radius 1 is 0.628 bits per heavy atom. The third kappa shape index (κ3) is 3.75. The molecule has 0 aliphatic heterocycles. The maximum atomic E-state index is 5.49. The Bertz CT molecular complexity index is 2370. The van der Waals surface area contributed by atoms with E-state index in [1.807, 2.05) is 43.6 Å². The number of hydrogen-bond acceptors (Lipinski definition) is 3. The molecule has 204 valence electrons. The van der Waals surface area contributed by atoms with Gasteiger partial charge in [0.05, 0.1) is 11.0 Å². The van der Waals surface area contributed by atoms with Crippen LogP contribution in [0, 0.1) is 0 Å². The molecule has 43 heavy (non-hydrogen) atoms. The van der Waals surface area contributed by atoms with Gasteiger partial charge in [0, 0.05) is 45.1 Å². The van der Waals surface area contributed by atoms with Crippen LogP contribution in [0.1, 0.15) is 12.5 Å². The summed E-state index contributed by atoms with van der Waals surface area (Å²) >= 11 is 0. The van der Waals surface area contributed by atoms with Crippen molar-refractivity contribution < 1.29 is 0 Å². The zero-order valence-electron chi connectivity index (χ0n) is 23.6. The second kappa shape index (κ2) is 9.93. The van der Waals surface area contributed by atoms with Crippen LogP contribution in [0.3, 0.4) is 0 Å². The number of aromatic nitrogens is 5. The lowest BCUT2D eigenvalue weighted by Crippen LogP contribution is -2.04. The molecule has 8 aromatic rings. The van der Waals surface area contributed by atoms with Gasteiger partial charge in [0.1, 0.15) is 22.9 Å². The standard InChI is InChI=1S/C38H27N5/c1-3-25(4-2)27-18-12-22-39-35(27)42-33-20-10-8-16-29(33)31-24-32-30-17-9-11-21-34(30)43(38(32)41-37(31)42)36-28(19-13-23-40-36)26-14-6-5-7-15-26/h3-24H,1H2,2H3. The molecule has 3 aromatic carbocycles. The highest BCUT2D eigenvalue weighted by atomic mass is 15.2. The van der Waals surface area contributed by atoms with Gasteiger partial charge in [-0.1, -0.05) is 85.5 Å². The Hall–Kier alpha value is -5.81. The van der Waals surface area contributed by atoms with Crippen molar-refractivity contribution in [2.45, 2.75) is 6.92 Å². The number of pyridine rings is 3. The van der Waals surface area contributed by atoms with Gasteiger partial charge in [-0.2, -0.15) is 0 Å². The van der Waals surface area contributed by atoms with Gasteiger partial charge in [0.15, 0.2) is 0 Å². The molecular formula is C38H27N5. The normalized spacial score (nSPS) is 12.1. The number of fused-ring (bicyclic) bond motifs is 6. The molecule has 0 unspecified atom stereocenters. The maximum absolute atomic E-state index is 5.49. The molecule has 5 aromatic heterocycles. The number of nitrogens with zero attached hydrogens (tertiary/aromatic N) is 5. The number of para-hydroxylation sites is 2. The average molecular weight is 554 g/mol. The van der Waals surface area contributed by atoms with E-state index >= 15 is 0 Å². The molecule has 0 bridgehead atoms. The highest BCUT2D eigenvalue weighted by Crippen LogP contribution is 2.39. The summed E-state index contributed by atoms with van der Waals surface area (Å²) in [6.45, 7) is 6.09. The minimum Gasteiger partial charge on any atom is -0.277 e. The topological polar surface area (TPSA) is 48.5 Å². The molecular weight excluding hydrogens is 526 g/mol. The van der Waals surface area contributed by atoms with Crippen LogP contribution in [0.5, 0.6) is 0 Å². The first-order valence-electron chi connectivity index (χ1n) is 14.4. The van der Waals surface area contributed by atoms with Gasteiger partial charge in [-0.25, -0.2) is 15.0 Å². The molecule has 5 nitrogen and oxygen atoms in total. The van der Waals surface area contributed by atoms with E-state index in [9.17, 15) is 0 Å². The fourth-order valence-corrected chi connectivity index (χ4v) is 6.28. The zero-order valence-corrected chi connectivity index (χ0v) is 23.6. The molecule has 5 heterocycles. The second-order valence-corrected chi connectivity index (χ2v) is 10.5. The third-order valence-corrected chi connectivity index (χ3v) is 8.20. The SMILES string of the molecule is C=CC(=CC)c1cccnc1-n1c2ccccc2c2cc3c4ccccc4n(-c4ncccc4-c4ccccc4)c3nc21. The summed E-state index contributed by atoms with van der Waals surface area (Å²) in [7, 11) is 0. The van der Waals surface area contributed by atoms with Gasteiger partial charge in [-0.05, 0) is 60.5 Å². The number of hydrogen-bond donors (Lipinski definition) is 0. The molecule has 0 aliphatic carbocycles. The lowest BCUT2D eigenvalue weighted by atomic mass is 10.1. The van der Waals surface area contributed by atoms with E-state index in [0.29, 0.717) is 0 Å². The third-order valence-electron chi connectivity index (χ3n) is 8.20. The molecule has 0 atom stereocenters. The monoisotopic (exact) mass is 553 g/mol. The molecule has 8 rings (SSSR count). The van der Waals surface area contributed by atoms with Gasteiger partial charge in [0.2, 0.25) is 0 Å². The molecule has 5 heteroatoms. The zero-order chi connectivity index (χ0) is 28.9. The van der Waals surface area contributed by atoms with Crippen LogP contribution >= 0.6 is 0 Å². The molecule has 0 fully saturated rings. The maximum Gasteiger partial charge on any atom is 0.149 e. The van der Waals surface area contributed by atoms with E-state index < -0.39 is 0 Å². The fourth-order valence-electron chi connectivity index (χ4n) is 6.28. The lowest BCUT2D eigenvalue weighted by molar-refractivity contribution is 1.03. The van der Waals surface area contributed by atoms with Crippen molar-refractivity contribution in [3.05, 3.63) is 146 Å². The predicted octanol–water partition coefficient (Wildman–Crippen LogP) is 9.32. The summed E-state index contributed by atoms with van der Waals surface area (Å²) in [6.07, 6.45) is 7.64. The molecule has 0 N–H and O–H groups in total. The van der Waals surface area contributed by atoms with Crippen LogP contribution < -0.4 is 0 Å². The lowest BCUT2D eigenvalue weighted by Gasteiger charge is -2.13. The average Bonchev–Trinajstić information content (AvgIpc) is 3.57. The first-order chi connectivity index (χ1) is 21.3. The van der Waals surface area contributed by atoms with Crippen molar-refractivity contribution in [3.8, 4) is 22.8 Å². The van der Waals surface area contributed by atoms with E-state index in [2.05, 4.69) is 113 Å². The van der Waals surface area contributed by atoms with Gasteiger partial charge >= 0.3 is 0 Å². The van der Waals surface area contributed by atoms with Gasteiger partial charge < -0.3 is 0 Å². The Labute approximate surface area is 248 Å². The van der Waals surface area contributed by atoms with Crippen molar-refractivity contribution in [1.82, 2.24) is 24.1 Å². The Balaban J connectivity index is 1.54. The minimum absolute atomic E-state index is 0.819. The van der Waals surface area contributed by atoms with Crippen LogP contribution in [0.2, 0.25) is 0 Å².